The van der Waals surface area contributed by atoms with Crippen LogP contribution in [0.1, 0.15) is 52.4 Å². The molecule has 13 heavy (non-hydrogen) atoms. The summed E-state index contributed by atoms with van der Waals surface area (Å²) in [6.07, 6.45) is 14.3. The minimum atomic E-state index is 0.890. The second-order valence-corrected chi connectivity index (χ2v) is 3.82. The molecule has 0 saturated heterocycles. The van der Waals surface area contributed by atoms with Crippen molar-refractivity contribution in [3.8, 4) is 0 Å². The number of hydrogen-bond acceptors (Lipinski definition) is 0. The zero-order valence-electron chi connectivity index (χ0n) is 9.26. The van der Waals surface area contributed by atoms with Gasteiger partial charge in [-0.3, -0.25) is 0 Å². The molecule has 0 aromatic carbocycles. The summed E-state index contributed by atoms with van der Waals surface area (Å²) in [5, 5.41) is 0. The Labute approximate surface area is 83.7 Å². The molecule has 0 aliphatic heterocycles. The van der Waals surface area contributed by atoms with Crippen molar-refractivity contribution >= 4 is 0 Å². The van der Waals surface area contributed by atoms with E-state index in [1.54, 1.807) is 0 Å². The Kier molecular flexibility index (Phi) is 9.18. The van der Waals surface area contributed by atoms with Gasteiger partial charge < -0.3 is 0 Å². The van der Waals surface area contributed by atoms with E-state index in [1.807, 2.05) is 6.08 Å². The highest BCUT2D eigenvalue weighted by molar-refractivity contribution is 4.77. The summed E-state index contributed by atoms with van der Waals surface area (Å²) in [7, 11) is 0. The SMILES string of the molecule is C=CCCCCC(C)CCC=CC. The van der Waals surface area contributed by atoms with Gasteiger partial charge in [0.1, 0.15) is 0 Å². The van der Waals surface area contributed by atoms with Crippen LogP contribution >= 0.6 is 0 Å². The monoisotopic (exact) mass is 180 g/mol. The van der Waals surface area contributed by atoms with Crippen LogP contribution < -0.4 is 0 Å². The van der Waals surface area contributed by atoms with Gasteiger partial charge in [-0.15, -0.1) is 6.58 Å². The van der Waals surface area contributed by atoms with Crippen LogP contribution in [0.4, 0.5) is 0 Å². The summed E-state index contributed by atoms with van der Waals surface area (Å²) >= 11 is 0. The van der Waals surface area contributed by atoms with Crippen molar-refractivity contribution in [2.75, 3.05) is 0 Å². The lowest BCUT2D eigenvalue weighted by atomic mass is 9.98. The Bertz CT molecular complexity index is 133. The molecule has 1 atom stereocenters. The van der Waals surface area contributed by atoms with Crippen LogP contribution in [0.15, 0.2) is 24.8 Å². The lowest BCUT2D eigenvalue weighted by Gasteiger charge is -2.08. The molecule has 0 aromatic rings. The van der Waals surface area contributed by atoms with E-state index in [1.165, 1.54) is 38.5 Å². The smallest absolute Gasteiger partial charge is 0.0348 e. The Morgan fingerprint density at radius 1 is 1.15 bits per heavy atom. The first kappa shape index (κ1) is 12.5. The molecule has 0 amide bonds. The first-order valence-corrected chi connectivity index (χ1v) is 5.53. The fourth-order valence-corrected chi connectivity index (χ4v) is 1.47. The van der Waals surface area contributed by atoms with Crippen LogP contribution in [0.3, 0.4) is 0 Å². The minimum absolute atomic E-state index is 0.890. The number of rotatable bonds is 8. The van der Waals surface area contributed by atoms with Gasteiger partial charge in [0, 0.05) is 0 Å². The first-order chi connectivity index (χ1) is 6.31. The molecule has 0 heteroatoms. The second kappa shape index (κ2) is 9.57. The van der Waals surface area contributed by atoms with Gasteiger partial charge >= 0.3 is 0 Å². The molecule has 0 radical (unpaired) electrons. The standard InChI is InChI=1S/C13H24/c1-4-6-8-10-12-13(3)11-9-7-5-2/h4-5,7,13H,1,6,8-12H2,2-3H3. The molecule has 0 N–H and O–H groups in total. The summed E-state index contributed by atoms with van der Waals surface area (Å²) in [5.74, 6) is 0.890. The highest BCUT2D eigenvalue weighted by Gasteiger charge is 1.99. The van der Waals surface area contributed by atoms with E-state index in [9.17, 15) is 0 Å². The van der Waals surface area contributed by atoms with Crippen LogP contribution in [-0.2, 0) is 0 Å². The molecule has 0 spiro atoms. The maximum Gasteiger partial charge on any atom is -0.0348 e. The van der Waals surface area contributed by atoms with E-state index in [-0.39, 0.29) is 0 Å². The predicted molar refractivity (Wildman–Crippen MR) is 61.9 cm³/mol. The molecule has 0 aliphatic carbocycles. The maximum atomic E-state index is 3.73. The average molecular weight is 180 g/mol. The molecular formula is C13H24. The summed E-state index contributed by atoms with van der Waals surface area (Å²) in [5.41, 5.74) is 0. The third-order valence-corrected chi connectivity index (χ3v) is 2.42. The molecule has 0 heterocycles. The van der Waals surface area contributed by atoms with E-state index >= 15 is 0 Å². The third kappa shape index (κ3) is 9.39. The molecule has 0 fully saturated rings. The molecule has 76 valence electrons. The highest BCUT2D eigenvalue weighted by Crippen LogP contribution is 2.15. The maximum absolute atomic E-state index is 3.73. The summed E-state index contributed by atoms with van der Waals surface area (Å²) in [6, 6.07) is 0. The fraction of sp³-hybridized carbons (Fsp3) is 0.692. The quantitative estimate of drug-likeness (QED) is 0.374. The molecule has 0 bridgehead atoms. The summed E-state index contributed by atoms with van der Waals surface area (Å²) in [6.45, 7) is 8.18. The predicted octanol–water partition coefficient (Wildman–Crippen LogP) is 4.73. The topological polar surface area (TPSA) is 0 Å². The fourth-order valence-electron chi connectivity index (χ4n) is 1.47. The Hall–Kier alpha value is -0.520. The number of hydrogen-bond donors (Lipinski definition) is 0. The number of allylic oxidation sites excluding steroid dienone is 3. The zero-order valence-corrected chi connectivity index (χ0v) is 9.26. The van der Waals surface area contributed by atoms with Crippen molar-refractivity contribution in [2.45, 2.75) is 52.4 Å². The average Bonchev–Trinajstić information content (AvgIpc) is 2.13. The van der Waals surface area contributed by atoms with E-state index in [2.05, 4.69) is 32.6 Å². The van der Waals surface area contributed by atoms with Gasteiger partial charge in [0.2, 0.25) is 0 Å². The molecule has 0 rings (SSSR count). The van der Waals surface area contributed by atoms with Crippen molar-refractivity contribution < 1.29 is 0 Å². The van der Waals surface area contributed by atoms with Gasteiger partial charge in [0.25, 0.3) is 0 Å². The van der Waals surface area contributed by atoms with Gasteiger partial charge in [-0.1, -0.05) is 38.0 Å². The van der Waals surface area contributed by atoms with Crippen molar-refractivity contribution in [3.63, 3.8) is 0 Å². The normalized spacial score (nSPS) is 13.4. The Morgan fingerprint density at radius 2 is 1.92 bits per heavy atom. The Balaban J connectivity index is 3.19. The zero-order chi connectivity index (χ0) is 9.94. The lowest BCUT2D eigenvalue weighted by molar-refractivity contribution is 0.470. The van der Waals surface area contributed by atoms with Gasteiger partial charge in [0.15, 0.2) is 0 Å². The molecule has 1 unspecified atom stereocenters. The second-order valence-electron chi connectivity index (χ2n) is 3.82. The summed E-state index contributed by atoms with van der Waals surface area (Å²) < 4.78 is 0. The van der Waals surface area contributed by atoms with Crippen LogP contribution in [-0.4, -0.2) is 0 Å². The van der Waals surface area contributed by atoms with Gasteiger partial charge in [0.05, 0.1) is 0 Å². The van der Waals surface area contributed by atoms with Crippen LogP contribution in [0.5, 0.6) is 0 Å². The van der Waals surface area contributed by atoms with E-state index in [4.69, 9.17) is 0 Å². The third-order valence-electron chi connectivity index (χ3n) is 2.42. The van der Waals surface area contributed by atoms with Crippen molar-refractivity contribution in [2.24, 2.45) is 5.92 Å². The van der Waals surface area contributed by atoms with E-state index in [0.717, 1.165) is 5.92 Å². The van der Waals surface area contributed by atoms with Gasteiger partial charge in [-0.2, -0.15) is 0 Å². The van der Waals surface area contributed by atoms with Crippen LogP contribution in [0.25, 0.3) is 0 Å². The van der Waals surface area contributed by atoms with E-state index in [0.29, 0.717) is 0 Å². The molecule has 0 aromatic heterocycles. The van der Waals surface area contributed by atoms with E-state index < -0.39 is 0 Å². The first-order valence-electron chi connectivity index (χ1n) is 5.53. The van der Waals surface area contributed by atoms with Crippen LogP contribution in [0, 0.1) is 5.92 Å². The highest BCUT2D eigenvalue weighted by atomic mass is 14.0. The number of unbranched alkanes of at least 4 members (excludes halogenated alkanes) is 2. The van der Waals surface area contributed by atoms with Crippen molar-refractivity contribution in [3.05, 3.63) is 24.8 Å². The largest absolute Gasteiger partial charge is 0.103 e. The van der Waals surface area contributed by atoms with Crippen LogP contribution in [0.2, 0.25) is 0 Å². The minimum Gasteiger partial charge on any atom is -0.103 e. The van der Waals surface area contributed by atoms with Crippen molar-refractivity contribution in [1.29, 1.82) is 0 Å². The van der Waals surface area contributed by atoms with Gasteiger partial charge in [-0.05, 0) is 38.5 Å². The molecule has 0 saturated carbocycles. The molecule has 0 nitrogen and oxygen atoms in total. The Morgan fingerprint density at radius 3 is 2.54 bits per heavy atom. The molecule has 0 aliphatic rings. The summed E-state index contributed by atoms with van der Waals surface area (Å²) in [4.78, 5) is 0. The van der Waals surface area contributed by atoms with Crippen molar-refractivity contribution in [1.82, 2.24) is 0 Å². The lowest BCUT2D eigenvalue weighted by Crippen LogP contribution is -1.93. The molecular weight excluding hydrogens is 156 g/mol. The van der Waals surface area contributed by atoms with Gasteiger partial charge in [-0.25, -0.2) is 0 Å².